The second kappa shape index (κ2) is 7.14. The summed E-state index contributed by atoms with van der Waals surface area (Å²) in [6.45, 7) is 13.2. The second-order valence-electron chi connectivity index (χ2n) is 7.14. The molecule has 0 saturated carbocycles. The van der Waals surface area contributed by atoms with Gasteiger partial charge in [-0.3, -0.25) is 0 Å². The first kappa shape index (κ1) is 17.9. The number of hydrogen-bond donors (Lipinski definition) is 0. The third kappa shape index (κ3) is 3.70. The number of hydrogen-bond acceptors (Lipinski definition) is 0. The highest BCUT2D eigenvalue weighted by molar-refractivity contribution is 7.79. The van der Waals surface area contributed by atoms with Crippen molar-refractivity contribution in [3.05, 3.63) is 88.0 Å². The number of benzene rings is 3. The zero-order chi connectivity index (χ0) is 18.1. The fraction of sp³-hybridized carbons (Fsp3) is 0.250. The fourth-order valence-corrected chi connectivity index (χ4v) is 5.57. The van der Waals surface area contributed by atoms with E-state index in [-0.39, 0.29) is 0 Å². The molecule has 25 heavy (non-hydrogen) atoms. The van der Waals surface area contributed by atoms with Crippen molar-refractivity contribution in [2.45, 2.75) is 41.5 Å². The summed E-state index contributed by atoms with van der Waals surface area (Å²) in [4.78, 5) is 0. The van der Waals surface area contributed by atoms with E-state index in [1.54, 1.807) is 0 Å². The van der Waals surface area contributed by atoms with E-state index >= 15 is 0 Å². The maximum Gasteiger partial charge on any atom is -0.0134 e. The van der Waals surface area contributed by atoms with E-state index in [1.165, 1.54) is 49.3 Å². The van der Waals surface area contributed by atoms with Crippen molar-refractivity contribution < 1.29 is 0 Å². The quantitative estimate of drug-likeness (QED) is 0.565. The van der Waals surface area contributed by atoms with Gasteiger partial charge in [-0.05, 0) is 98.8 Å². The summed E-state index contributed by atoms with van der Waals surface area (Å²) < 4.78 is 0. The lowest BCUT2D eigenvalue weighted by molar-refractivity contribution is 1.35. The fourth-order valence-electron chi connectivity index (χ4n) is 3.04. The van der Waals surface area contributed by atoms with Gasteiger partial charge in [0.1, 0.15) is 0 Å². The Labute approximate surface area is 153 Å². The summed E-state index contributed by atoms with van der Waals surface area (Å²) in [6, 6.07) is 20.9. The van der Waals surface area contributed by atoms with E-state index in [2.05, 4.69) is 96.1 Å². The molecule has 0 amide bonds. The molecule has 0 heterocycles. The molecular weight excluding hydrogens is 319 g/mol. The average Bonchev–Trinajstić information content (AvgIpc) is 2.57. The van der Waals surface area contributed by atoms with Gasteiger partial charge in [-0.25, -0.2) is 0 Å². The van der Waals surface area contributed by atoms with Crippen LogP contribution in [0.5, 0.6) is 0 Å². The summed E-state index contributed by atoms with van der Waals surface area (Å²) >= 11 is 0. The molecule has 0 N–H and O–H groups in total. The highest BCUT2D eigenvalue weighted by atomic mass is 31.1. The molecule has 0 fully saturated rings. The zero-order valence-corrected chi connectivity index (χ0v) is 17.0. The lowest BCUT2D eigenvalue weighted by Crippen LogP contribution is -2.22. The highest BCUT2D eigenvalue weighted by Crippen LogP contribution is 2.34. The Bertz CT molecular complexity index is 799. The first-order valence-electron chi connectivity index (χ1n) is 8.88. The van der Waals surface area contributed by atoms with Crippen LogP contribution in [-0.2, 0) is 0 Å². The minimum atomic E-state index is -0.532. The molecule has 0 aromatic heterocycles. The first-order chi connectivity index (χ1) is 11.9. The third-order valence-electron chi connectivity index (χ3n) is 5.25. The van der Waals surface area contributed by atoms with Gasteiger partial charge in [-0.2, -0.15) is 0 Å². The van der Waals surface area contributed by atoms with E-state index in [4.69, 9.17) is 0 Å². The minimum Gasteiger partial charge on any atom is -0.0584 e. The highest BCUT2D eigenvalue weighted by Gasteiger charge is 2.18. The minimum absolute atomic E-state index is 0.532. The topological polar surface area (TPSA) is 0 Å². The Morgan fingerprint density at radius 2 is 0.680 bits per heavy atom. The molecule has 128 valence electrons. The Hall–Kier alpha value is -1.91. The van der Waals surface area contributed by atoms with Crippen LogP contribution >= 0.6 is 7.92 Å². The lowest BCUT2D eigenvalue weighted by atomic mass is 10.1. The van der Waals surface area contributed by atoms with E-state index in [0.717, 1.165) is 0 Å². The largest absolute Gasteiger partial charge is 0.0584 e. The smallest absolute Gasteiger partial charge is 0.0134 e. The molecule has 0 saturated heterocycles. The Morgan fingerprint density at radius 1 is 0.400 bits per heavy atom. The van der Waals surface area contributed by atoms with Crippen LogP contribution in [0.25, 0.3) is 0 Å². The summed E-state index contributed by atoms with van der Waals surface area (Å²) in [5.74, 6) is 0. The molecule has 1 heteroatoms. The van der Waals surface area contributed by atoms with Gasteiger partial charge in [-0.15, -0.1) is 0 Å². The molecule has 0 spiro atoms. The standard InChI is InChI=1S/C24H27P/c1-16-7-10-22(13-19(16)4)25(23-11-8-17(2)20(5)14-23)24-12-9-18(3)21(6)15-24/h7-15H,1-6H3. The van der Waals surface area contributed by atoms with E-state index in [9.17, 15) is 0 Å². The molecule has 3 rings (SSSR count). The van der Waals surface area contributed by atoms with Gasteiger partial charge in [-0.1, -0.05) is 54.6 Å². The third-order valence-corrected chi connectivity index (χ3v) is 7.63. The van der Waals surface area contributed by atoms with Gasteiger partial charge in [0.25, 0.3) is 0 Å². The molecule has 3 aromatic rings. The van der Waals surface area contributed by atoms with E-state index in [0.29, 0.717) is 0 Å². The number of aryl methyl sites for hydroxylation is 6. The molecular formula is C24H27P. The Kier molecular flexibility index (Phi) is 5.11. The van der Waals surface area contributed by atoms with Gasteiger partial charge < -0.3 is 0 Å². The molecule has 0 bridgehead atoms. The maximum absolute atomic E-state index is 2.38. The average molecular weight is 346 g/mol. The predicted octanol–water partition coefficient (Wildman–Crippen LogP) is 5.30. The van der Waals surface area contributed by atoms with E-state index < -0.39 is 7.92 Å². The zero-order valence-electron chi connectivity index (χ0n) is 16.1. The van der Waals surface area contributed by atoms with Crippen LogP contribution in [0.15, 0.2) is 54.6 Å². The van der Waals surface area contributed by atoms with Crippen molar-refractivity contribution in [3.8, 4) is 0 Å². The van der Waals surface area contributed by atoms with Crippen molar-refractivity contribution >= 4 is 23.8 Å². The molecule has 0 aliphatic carbocycles. The Balaban J connectivity index is 2.21. The normalized spacial score (nSPS) is 11.2. The summed E-state index contributed by atoms with van der Waals surface area (Å²) in [7, 11) is -0.532. The van der Waals surface area contributed by atoms with Gasteiger partial charge in [0.05, 0.1) is 0 Å². The summed E-state index contributed by atoms with van der Waals surface area (Å²) in [5.41, 5.74) is 8.20. The van der Waals surface area contributed by atoms with Gasteiger partial charge in [0.2, 0.25) is 0 Å². The van der Waals surface area contributed by atoms with Crippen LogP contribution in [0.3, 0.4) is 0 Å². The van der Waals surface area contributed by atoms with Crippen molar-refractivity contribution in [2.24, 2.45) is 0 Å². The van der Waals surface area contributed by atoms with Crippen LogP contribution in [0.1, 0.15) is 33.4 Å². The molecule has 0 aliphatic rings. The van der Waals surface area contributed by atoms with Gasteiger partial charge in [0, 0.05) is 0 Å². The van der Waals surface area contributed by atoms with Gasteiger partial charge in [0.15, 0.2) is 0 Å². The molecule has 0 unspecified atom stereocenters. The summed E-state index contributed by atoms with van der Waals surface area (Å²) in [5, 5.41) is 4.30. The van der Waals surface area contributed by atoms with Crippen molar-refractivity contribution in [1.29, 1.82) is 0 Å². The first-order valence-corrected chi connectivity index (χ1v) is 10.2. The van der Waals surface area contributed by atoms with Crippen molar-refractivity contribution in [3.63, 3.8) is 0 Å². The molecule has 0 nitrogen and oxygen atoms in total. The SMILES string of the molecule is Cc1ccc(P(c2ccc(C)c(C)c2)c2ccc(C)c(C)c2)cc1C. The number of rotatable bonds is 3. The van der Waals surface area contributed by atoms with Crippen LogP contribution in [0, 0.1) is 41.5 Å². The van der Waals surface area contributed by atoms with Crippen LogP contribution in [0.2, 0.25) is 0 Å². The van der Waals surface area contributed by atoms with Crippen LogP contribution in [0.4, 0.5) is 0 Å². The molecule has 3 aromatic carbocycles. The van der Waals surface area contributed by atoms with Crippen LogP contribution < -0.4 is 15.9 Å². The van der Waals surface area contributed by atoms with Gasteiger partial charge >= 0.3 is 0 Å². The van der Waals surface area contributed by atoms with Crippen molar-refractivity contribution in [1.82, 2.24) is 0 Å². The maximum atomic E-state index is 2.38. The lowest BCUT2D eigenvalue weighted by Gasteiger charge is -2.22. The van der Waals surface area contributed by atoms with E-state index in [1.807, 2.05) is 0 Å². The van der Waals surface area contributed by atoms with Crippen molar-refractivity contribution in [2.75, 3.05) is 0 Å². The second-order valence-corrected chi connectivity index (χ2v) is 9.36. The summed E-state index contributed by atoms with van der Waals surface area (Å²) in [6.07, 6.45) is 0. The Morgan fingerprint density at radius 3 is 0.920 bits per heavy atom. The molecule has 0 aliphatic heterocycles. The van der Waals surface area contributed by atoms with Crippen LogP contribution in [-0.4, -0.2) is 0 Å². The molecule has 0 radical (unpaired) electrons. The molecule has 0 atom stereocenters. The monoisotopic (exact) mass is 346 g/mol. The predicted molar refractivity (Wildman–Crippen MR) is 114 cm³/mol.